The SMILES string of the molecule is COc1ccc(NCc2cc(C#N)n(C)c2C)c(C)c1. The number of aryl methyl sites for hydroxylation is 1. The first-order valence-corrected chi connectivity index (χ1v) is 6.50. The normalized spacial score (nSPS) is 10.2. The molecule has 0 aliphatic heterocycles. The standard InChI is InChI=1S/C16H19N3O/c1-11-7-15(20-4)5-6-16(11)18-10-13-8-14(9-17)19(3)12(13)2/h5-8,18H,10H2,1-4H3. The molecule has 0 fully saturated rings. The third-order valence-corrected chi connectivity index (χ3v) is 3.66. The highest BCUT2D eigenvalue weighted by Crippen LogP contribution is 2.22. The second-order valence-corrected chi connectivity index (χ2v) is 4.85. The van der Waals surface area contributed by atoms with E-state index in [0.29, 0.717) is 12.2 Å². The van der Waals surface area contributed by atoms with E-state index in [0.717, 1.165) is 28.3 Å². The molecule has 0 spiro atoms. The fourth-order valence-corrected chi connectivity index (χ4v) is 2.20. The Balaban J connectivity index is 2.15. The van der Waals surface area contributed by atoms with Crippen LogP contribution in [-0.2, 0) is 13.6 Å². The maximum Gasteiger partial charge on any atom is 0.120 e. The first-order chi connectivity index (χ1) is 9.56. The molecular formula is C16H19N3O. The van der Waals surface area contributed by atoms with Gasteiger partial charge in [-0.25, -0.2) is 0 Å². The number of nitrogens with one attached hydrogen (secondary N) is 1. The minimum Gasteiger partial charge on any atom is -0.497 e. The summed E-state index contributed by atoms with van der Waals surface area (Å²) < 4.78 is 7.11. The van der Waals surface area contributed by atoms with Crippen molar-refractivity contribution in [3.05, 3.63) is 46.8 Å². The number of ether oxygens (including phenoxy) is 1. The van der Waals surface area contributed by atoms with Gasteiger partial charge in [0.25, 0.3) is 0 Å². The number of benzene rings is 1. The van der Waals surface area contributed by atoms with Gasteiger partial charge in [0.2, 0.25) is 0 Å². The lowest BCUT2D eigenvalue weighted by molar-refractivity contribution is 0.414. The van der Waals surface area contributed by atoms with Gasteiger partial charge in [0.05, 0.1) is 7.11 Å². The first kappa shape index (κ1) is 14.0. The van der Waals surface area contributed by atoms with Crippen molar-refractivity contribution in [3.63, 3.8) is 0 Å². The number of nitrogens with zero attached hydrogens (tertiary/aromatic N) is 2. The fraction of sp³-hybridized carbons (Fsp3) is 0.312. The molecule has 0 amide bonds. The van der Waals surface area contributed by atoms with Crippen molar-refractivity contribution in [3.8, 4) is 11.8 Å². The van der Waals surface area contributed by atoms with E-state index in [1.165, 1.54) is 0 Å². The Morgan fingerprint density at radius 3 is 2.60 bits per heavy atom. The molecule has 0 saturated heterocycles. The molecule has 0 aliphatic carbocycles. The maximum absolute atomic E-state index is 9.04. The molecule has 2 aromatic rings. The lowest BCUT2D eigenvalue weighted by Crippen LogP contribution is -2.02. The van der Waals surface area contributed by atoms with Gasteiger partial charge in [0, 0.05) is 25.0 Å². The fourth-order valence-electron chi connectivity index (χ4n) is 2.20. The monoisotopic (exact) mass is 269 g/mol. The van der Waals surface area contributed by atoms with Gasteiger partial charge < -0.3 is 14.6 Å². The molecule has 1 aromatic heterocycles. The molecule has 2 rings (SSSR count). The van der Waals surface area contributed by atoms with Crippen LogP contribution >= 0.6 is 0 Å². The van der Waals surface area contributed by atoms with Crippen molar-refractivity contribution >= 4 is 5.69 Å². The Morgan fingerprint density at radius 2 is 2.05 bits per heavy atom. The predicted octanol–water partition coefficient (Wildman–Crippen LogP) is 3.13. The number of nitriles is 1. The number of aromatic nitrogens is 1. The lowest BCUT2D eigenvalue weighted by atomic mass is 10.1. The van der Waals surface area contributed by atoms with Gasteiger partial charge in [-0.2, -0.15) is 5.26 Å². The third-order valence-electron chi connectivity index (χ3n) is 3.66. The van der Waals surface area contributed by atoms with Gasteiger partial charge in [-0.3, -0.25) is 0 Å². The minimum atomic E-state index is 0.686. The van der Waals surface area contributed by atoms with Gasteiger partial charge in [-0.1, -0.05) is 0 Å². The average Bonchev–Trinajstić information content (AvgIpc) is 2.73. The van der Waals surface area contributed by atoms with Crippen molar-refractivity contribution < 1.29 is 4.74 Å². The number of methoxy groups -OCH3 is 1. The first-order valence-electron chi connectivity index (χ1n) is 6.50. The number of anilines is 1. The van der Waals surface area contributed by atoms with Crippen LogP contribution in [0.2, 0.25) is 0 Å². The van der Waals surface area contributed by atoms with Crippen molar-refractivity contribution in [1.82, 2.24) is 4.57 Å². The molecule has 1 N–H and O–H groups in total. The molecule has 1 heterocycles. The molecule has 0 saturated carbocycles. The summed E-state index contributed by atoms with van der Waals surface area (Å²) >= 11 is 0. The zero-order valence-electron chi connectivity index (χ0n) is 12.3. The summed E-state index contributed by atoms with van der Waals surface area (Å²) in [6.07, 6.45) is 0. The Labute approximate surface area is 119 Å². The average molecular weight is 269 g/mol. The summed E-state index contributed by atoms with van der Waals surface area (Å²) in [5.74, 6) is 0.857. The number of rotatable bonds is 4. The zero-order valence-corrected chi connectivity index (χ0v) is 12.3. The highest BCUT2D eigenvalue weighted by molar-refractivity contribution is 5.54. The topological polar surface area (TPSA) is 50.0 Å². The van der Waals surface area contributed by atoms with Crippen molar-refractivity contribution in [2.24, 2.45) is 7.05 Å². The Hall–Kier alpha value is -2.41. The second-order valence-electron chi connectivity index (χ2n) is 4.85. The van der Waals surface area contributed by atoms with Crippen LogP contribution in [0.15, 0.2) is 24.3 Å². The molecule has 0 atom stereocenters. The van der Waals surface area contributed by atoms with Crippen LogP contribution in [0.1, 0.15) is 22.5 Å². The van der Waals surface area contributed by atoms with E-state index in [1.807, 2.05) is 49.7 Å². The smallest absolute Gasteiger partial charge is 0.120 e. The van der Waals surface area contributed by atoms with Crippen molar-refractivity contribution in [2.75, 3.05) is 12.4 Å². The van der Waals surface area contributed by atoms with Gasteiger partial charge >= 0.3 is 0 Å². The van der Waals surface area contributed by atoms with Crippen LogP contribution in [0, 0.1) is 25.2 Å². The molecule has 4 heteroatoms. The summed E-state index contributed by atoms with van der Waals surface area (Å²) in [5.41, 5.74) is 5.15. The van der Waals surface area contributed by atoms with Gasteiger partial charge in [-0.05, 0) is 49.2 Å². The van der Waals surface area contributed by atoms with Crippen LogP contribution in [0.5, 0.6) is 5.75 Å². The predicted molar refractivity (Wildman–Crippen MR) is 79.9 cm³/mol. The van der Waals surface area contributed by atoms with Gasteiger partial charge in [0.1, 0.15) is 17.5 Å². The van der Waals surface area contributed by atoms with Crippen molar-refractivity contribution in [1.29, 1.82) is 5.26 Å². The summed E-state index contributed by atoms with van der Waals surface area (Å²) in [6, 6.07) is 10.1. The summed E-state index contributed by atoms with van der Waals surface area (Å²) in [6.45, 7) is 4.77. The Morgan fingerprint density at radius 1 is 1.30 bits per heavy atom. The molecule has 4 nitrogen and oxygen atoms in total. The molecule has 0 bridgehead atoms. The molecule has 0 aliphatic rings. The van der Waals surface area contributed by atoms with E-state index >= 15 is 0 Å². The van der Waals surface area contributed by atoms with Crippen LogP contribution in [0.25, 0.3) is 0 Å². The van der Waals surface area contributed by atoms with E-state index in [9.17, 15) is 0 Å². The quantitative estimate of drug-likeness (QED) is 0.927. The van der Waals surface area contributed by atoms with E-state index in [4.69, 9.17) is 10.00 Å². The lowest BCUT2D eigenvalue weighted by Gasteiger charge is -2.11. The van der Waals surface area contributed by atoms with Gasteiger partial charge in [0.15, 0.2) is 0 Å². The molecule has 1 aromatic carbocycles. The van der Waals surface area contributed by atoms with Crippen molar-refractivity contribution in [2.45, 2.75) is 20.4 Å². The highest BCUT2D eigenvalue weighted by atomic mass is 16.5. The van der Waals surface area contributed by atoms with Gasteiger partial charge in [-0.15, -0.1) is 0 Å². The second kappa shape index (κ2) is 5.70. The van der Waals surface area contributed by atoms with Crippen LogP contribution < -0.4 is 10.1 Å². The van der Waals surface area contributed by atoms with E-state index in [2.05, 4.69) is 11.4 Å². The molecule has 20 heavy (non-hydrogen) atoms. The third kappa shape index (κ3) is 2.62. The number of hydrogen-bond donors (Lipinski definition) is 1. The largest absolute Gasteiger partial charge is 0.497 e. The number of hydrogen-bond acceptors (Lipinski definition) is 3. The van der Waals surface area contributed by atoms with E-state index in [1.54, 1.807) is 7.11 Å². The highest BCUT2D eigenvalue weighted by Gasteiger charge is 2.08. The summed E-state index contributed by atoms with van der Waals surface area (Å²) in [4.78, 5) is 0. The van der Waals surface area contributed by atoms with E-state index < -0.39 is 0 Å². The molecule has 0 unspecified atom stereocenters. The zero-order chi connectivity index (χ0) is 14.7. The molecule has 104 valence electrons. The summed E-state index contributed by atoms with van der Waals surface area (Å²) in [5, 5.41) is 12.4. The van der Waals surface area contributed by atoms with E-state index in [-0.39, 0.29) is 0 Å². The van der Waals surface area contributed by atoms with Crippen LogP contribution in [0.3, 0.4) is 0 Å². The summed E-state index contributed by atoms with van der Waals surface area (Å²) in [7, 11) is 3.58. The Bertz CT molecular complexity index is 665. The molecular weight excluding hydrogens is 250 g/mol. The minimum absolute atomic E-state index is 0.686. The Kier molecular flexibility index (Phi) is 3.99. The van der Waals surface area contributed by atoms with Crippen LogP contribution in [0.4, 0.5) is 5.69 Å². The van der Waals surface area contributed by atoms with Crippen LogP contribution in [-0.4, -0.2) is 11.7 Å². The molecule has 0 radical (unpaired) electrons. The maximum atomic E-state index is 9.04.